The molecule has 1 unspecified atom stereocenters. The van der Waals surface area contributed by atoms with E-state index in [0.29, 0.717) is 0 Å². The number of piperidine rings is 1. The maximum Gasteiger partial charge on any atom is 0.0547 e. The smallest absolute Gasteiger partial charge is 0.0547 e. The number of nitrogens with zero attached hydrogens (tertiary/aromatic N) is 1. The number of fused-ring (bicyclic) bond motifs is 1. The highest BCUT2D eigenvalue weighted by molar-refractivity contribution is 4.93. The van der Waals surface area contributed by atoms with E-state index in [1.54, 1.807) is 0 Å². The molecule has 0 amide bonds. The van der Waals surface area contributed by atoms with Gasteiger partial charge in [0.1, 0.15) is 0 Å². The first kappa shape index (κ1) is 12.9. The highest BCUT2D eigenvalue weighted by Crippen LogP contribution is 2.38. The fraction of sp³-hybridized carbons (Fsp3) is 1.00. The summed E-state index contributed by atoms with van der Waals surface area (Å²) in [4.78, 5) is 2.77. The summed E-state index contributed by atoms with van der Waals surface area (Å²) in [5, 5.41) is 0. The average molecular weight is 252 g/mol. The molecule has 3 nitrogen and oxygen atoms in total. The summed E-state index contributed by atoms with van der Waals surface area (Å²) in [7, 11) is 0. The van der Waals surface area contributed by atoms with Crippen LogP contribution in [-0.2, 0) is 4.74 Å². The van der Waals surface area contributed by atoms with Gasteiger partial charge in [-0.2, -0.15) is 0 Å². The lowest BCUT2D eigenvalue weighted by molar-refractivity contribution is 0.0213. The second kappa shape index (κ2) is 5.48. The minimum absolute atomic E-state index is 0.263. The van der Waals surface area contributed by atoms with Crippen molar-refractivity contribution in [3.05, 3.63) is 0 Å². The molecule has 0 aromatic carbocycles. The van der Waals surface area contributed by atoms with Crippen molar-refractivity contribution < 1.29 is 4.74 Å². The van der Waals surface area contributed by atoms with Crippen LogP contribution in [0.2, 0.25) is 0 Å². The van der Waals surface area contributed by atoms with E-state index in [4.69, 9.17) is 10.5 Å². The summed E-state index contributed by atoms with van der Waals surface area (Å²) >= 11 is 0. The molecular formula is C15H28N2O. The molecule has 3 atom stereocenters. The third-order valence-corrected chi connectivity index (χ3v) is 5.51. The van der Waals surface area contributed by atoms with E-state index in [1.165, 1.54) is 51.6 Å². The van der Waals surface area contributed by atoms with Crippen LogP contribution in [0.3, 0.4) is 0 Å². The van der Waals surface area contributed by atoms with Gasteiger partial charge in [-0.15, -0.1) is 0 Å². The van der Waals surface area contributed by atoms with Crippen LogP contribution < -0.4 is 5.73 Å². The van der Waals surface area contributed by atoms with E-state index >= 15 is 0 Å². The molecule has 3 fully saturated rings. The van der Waals surface area contributed by atoms with Gasteiger partial charge >= 0.3 is 0 Å². The van der Waals surface area contributed by atoms with Gasteiger partial charge < -0.3 is 10.5 Å². The fourth-order valence-electron chi connectivity index (χ4n) is 4.35. The first-order chi connectivity index (χ1) is 8.83. The molecule has 3 rings (SSSR count). The van der Waals surface area contributed by atoms with Gasteiger partial charge in [-0.05, 0) is 44.6 Å². The van der Waals surface area contributed by atoms with Crippen molar-refractivity contribution in [3.8, 4) is 0 Å². The Kier molecular flexibility index (Phi) is 3.92. The molecule has 0 aromatic heterocycles. The van der Waals surface area contributed by atoms with Gasteiger partial charge in [-0.25, -0.2) is 0 Å². The molecule has 2 N–H and O–H groups in total. The minimum atomic E-state index is 0.263. The van der Waals surface area contributed by atoms with Crippen LogP contribution in [0.1, 0.15) is 44.9 Å². The Labute approximate surface area is 111 Å². The molecule has 0 radical (unpaired) electrons. The summed E-state index contributed by atoms with van der Waals surface area (Å²) in [5.41, 5.74) is 6.31. The minimum Gasteiger partial charge on any atom is -0.381 e. The predicted molar refractivity (Wildman–Crippen MR) is 73.5 cm³/mol. The summed E-state index contributed by atoms with van der Waals surface area (Å²) in [6, 6.07) is 0.858. The van der Waals surface area contributed by atoms with Gasteiger partial charge in [-0.3, -0.25) is 4.90 Å². The van der Waals surface area contributed by atoms with E-state index in [1.807, 2.05) is 0 Å². The van der Waals surface area contributed by atoms with Crippen molar-refractivity contribution in [2.75, 3.05) is 32.8 Å². The maximum absolute atomic E-state index is 6.05. The van der Waals surface area contributed by atoms with Crippen LogP contribution in [0, 0.1) is 11.3 Å². The number of hydrogen-bond donors (Lipinski definition) is 1. The molecule has 2 aliphatic heterocycles. The molecule has 104 valence electrons. The predicted octanol–water partition coefficient (Wildman–Crippen LogP) is 2.01. The lowest BCUT2D eigenvalue weighted by Gasteiger charge is -2.47. The number of ether oxygens (including phenoxy) is 1. The zero-order valence-electron chi connectivity index (χ0n) is 11.6. The van der Waals surface area contributed by atoms with Crippen LogP contribution in [0.5, 0.6) is 0 Å². The zero-order valence-corrected chi connectivity index (χ0v) is 11.6. The van der Waals surface area contributed by atoms with E-state index in [2.05, 4.69) is 4.90 Å². The first-order valence-electron chi connectivity index (χ1n) is 7.85. The molecule has 2 heterocycles. The third kappa shape index (κ3) is 2.45. The van der Waals surface area contributed by atoms with Crippen molar-refractivity contribution in [2.45, 2.75) is 51.0 Å². The van der Waals surface area contributed by atoms with Gasteiger partial charge in [-0.1, -0.05) is 12.8 Å². The highest BCUT2D eigenvalue weighted by atomic mass is 16.5. The molecule has 0 aromatic rings. The average Bonchev–Trinajstić information content (AvgIpc) is 2.88. The van der Waals surface area contributed by atoms with Gasteiger partial charge in [0, 0.05) is 31.2 Å². The number of likely N-dealkylation sites (tertiary alicyclic amines) is 1. The largest absolute Gasteiger partial charge is 0.381 e. The van der Waals surface area contributed by atoms with Gasteiger partial charge in [0.2, 0.25) is 0 Å². The van der Waals surface area contributed by atoms with Crippen LogP contribution >= 0.6 is 0 Å². The Balaban J connectivity index is 1.66. The zero-order chi connectivity index (χ0) is 12.4. The Hall–Kier alpha value is -0.120. The summed E-state index contributed by atoms with van der Waals surface area (Å²) in [6.07, 6.45) is 9.80. The van der Waals surface area contributed by atoms with Crippen molar-refractivity contribution in [1.29, 1.82) is 0 Å². The van der Waals surface area contributed by atoms with Crippen molar-refractivity contribution in [2.24, 2.45) is 17.1 Å². The lowest BCUT2D eigenvalue weighted by atomic mass is 9.76. The number of nitrogens with two attached hydrogens (primary N) is 1. The Bertz CT molecular complexity index is 274. The van der Waals surface area contributed by atoms with Crippen molar-refractivity contribution in [3.63, 3.8) is 0 Å². The Morgan fingerprint density at radius 3 is 2.78 bits per heavy atom. The summed E-state index contributed by atoms with van der Waals surface area (Å²) < 4.78 is 5.62. The highest BCUT2D eigenvalue weighted by Gasteiger charge is 2.40. The molecule has 3 heteroatoms. The van der Waals surface area contributed by atoms with E-state index in [9.17, 15) is 0 Å². The second-order valence-corrected chi connectivity index (χ2v) is 6.73. The van der Waals surface area contributed by atoms with Gasteiger partial charge in [0.15, 0.2) is 0 Å². The van der Waals surface area contributed by atoms with Crippen LogP contribution in [0.15, 0.2) is 0 Å². The number of rotatable bonds is 3. The lowest BCUT2D eigenvalue weighted by Crippen LogP contribution is -2.52. The van der Waals surface area contributed by atoms with E-state index in [-0.39, 0.29) is 5.41 Å². The molecular weight excluding hydrogens is 224 g/mol. The van der Waals surface area contributed by atoms with Crippen LogP contribution in [-0.4, -0.2) is 43.8 Å². The number of hydrogen-bond acceptors (Lipinski definition) is 3. The second-order valence-electron chi connectivity index (χ2n) is 6.73. The van der Waals surface area contributed by atoms with Crippen LogP contribution in [0.4, 0.5) is 0 Å². The van der Waals surface area contributed by atoms with Crippen molar-refractivity contribution >= 4 is 0 Å². The summed E-state index contributed by atoms with van der Waals surface area (Å²) in [5.74, 6) is 0.977. The van der Waals surface area contributed by atoms with Crippen LogP contribution in [0.25, 0.3) is 0 Å². The molecule has 1 aliphatic carbocycles. The SMILES string of the molecule is NCC1(CN2CCC[C@H]3CCCC[C@H]32)CCOC1. The Morgan fingerprint density at radius 2 is 2.00 bits per heavy atom. The Morgan fingerprint density at radius 1 is 1.17 bits per heavy atom. The van der Waals surface area contributed by atoms with E-state index in [0.717, 1.165) is 38.1 Å². The van der Waals surface area contributed by atoms with E-state index < -0.39 is 0 Å². The topological polar surface area (TPSA) is 38.5 Å². The summed E-state index contributed by atoms with van der Waals surface area (Å²) in [6.45, 7) is 5.07. The fourth-order valence-corrected chi connectivity index (χ4v) is 4.35. The normalized spacial score (nSPS) is 41.8. The quantitative estimate of drug-likeness (QED) is 0.835. The molecule has 0 spiro atoms. The molecule has 3 aliphatic rings. The third-order valence-electron chi connectivity index (χ3n) is 5.51. The monoisotopic (exact) mass is 252 g/mol. The standard InChI is InChI=1S/C15H28N2O/c16-10-15(7-9-18-12-15)11-17-8-3-5-13-4-1-2-6-14(13)17/h13-14H,1-12,16H2/t13-,14-,15?/m1/s1. The molecule has 0 bridgehead atoms. The molecule has 2 saturated heterocycles. The molecule has 1 saturated carbocycles. The first-order valence-corrected chi connectivity index (χ1v) is 7.85. The maximum atomic E-state index is 6.05. The van der Waals surface area contributed by atoms with Gasteiger partial charge in [0.25, 0.3) is 0 Å². The van der Waals surface area contributed by atoms with Crippen molar-refractivity contribution in [1.82, 2.24) is 4.90 Å². The molecule has 18 heavy (non-hydrogen) atoms. The van der Waals surface area contributed by atoms with Gasteiger partial charge in [0.05, 0.1) is 6.61 Å².